The standard InChI is InChI=1S/C18H19FN2O4S.C2HF3O2/c19-15-3-1-5-17(9-15)26(22,23)21-12-18(13-21)14(6-8-25-18)11-24-16-4-2-7-20-10-16;3-2(4,5)1(6)7/h1-5,7,9-10,14H,6,8,11-13H2;(H,6,7). The number of carboxylic acids is 1. The summed E-state index contributed by atoms with van der Waals surface area (Å²) in [7, 11) is -3.72. The molecule has 1 aromatic carbocycles. The summed E-state index contributed by atoms with van der Waals surface area (Å²) in [5, 5.41) is 7.12. The van der Waals surface area contributed by atoms with Crippen molar-refractivity contribution in [2.45, 2.75) is 23.1 Å². The maximum Gasteiger partial charge on any atom is 0.490 e. The molecule has 1 aromatic heterocycles. The summed E-state index contributed by atoms with van der Waals surface area (Å²) in [4.78, 5) is 12.9. The van der Waals surface area contributed by atoms with Gasteiger partial charge in [-0.1, -0.05) is 6.07 Å². The zero-order valence-electron chi connectivity index (χ0n) is 17.0. The van der Waals surface area contributed by atoms with Crippen molar-refractivity contribution >= 4 is 16.0 Å². The molecule has 2 aliphatic heterocycles. The molecule has 1 N–H and O–H groups in total. The molecule has 13 heteroatoms. The fourth-order valence-corrected chi connectivity index (χ4v) is 5.08. The van der Waals surface area contributed by atoms with Crippen LogP contribution in [0, 0.1) is 11.7 Å². The van der Waals surface area contributed by atoms with Gasteiger partial charge < -0.3 is 14.6 Å². The minimum atomic E-state index is -5.08. The van der Waals surface area contributed by atoms with Gasteiger partial charge in [0.15, 0.2) is 0 Å². The van der Waals surface area contributed by atoms with Crippen molar-refractivity contribution in [2.75, 3.05) is 26.3 Å². The predicted octanol–water partition coefficient (Wildman–Crippen LogP) is 2.71. The van der Waals surface area contributed by atoms with Crippen molar-refractivity contribution in [3.05, 3.63) is 54.6 Å². The molecule has 3 heterocycles. The second-order valence-electron chi connectivity index (χ2n) is 7.43. The van der Waals surface area contributed by atoms with Crippen molar-refractivity contribution in [3.63, 3.8) is 0 Å². The molecule has 2 aromatic rings. The van der Waals surface area contributed by atoms with E-state index >= 15 is 0 Å². The van der Waals surface area contributed by atoms with E-state index in [1.807, 2.05) is 6.07 Å². The first-order valence-corrected chi connectivity index (χ1v) is 11.1. The molecule has 1 unspecified atom stereocenters. The first-order chi connectivity index (χ1) is 15.4. The molecule has 1 atom stereocenters. The number of nitrogens with zero attached hydrogens (tertiary/aromatic N) is 2. The molecule has 0 bridgehead atoms. The number of carbonyl (C=O) groups is 1. The highest BCUT2D eigenvalue weighted by Crippen LogP contribution is 2.42. The van der Waals surface area contributed by atoms with Crippen molar-refractivity contribution in [1.29, 1.82) is 0 Å². The molecular weight excluding hydrogens is 472 g/mol. The third-order valence-corrected chi connectivity index (χ3v) is 7.04. The lowest BCUT2D eigenvalue weighted by Crippen LogP contribution is -2.66. The topological polar surface area (TPSA) is 106 Å². The Morgan fingerprint density at radius 1 is 1.27 bits per heavy atom. The van der Waals surface area contributed by atoms with Crippen LogP contribution in [0.1, 0.15) is 6.42 Å². The fraction of sp³-hybridized carbons (Fsp3) is 0.400. The SMILES string of the molecule is O=C(O)C(F)(F)F.O=S(=O)(c1cccc(F)c1)N1CC2(C1)OCCC2COc1cccnc1. The zero-order chi connectivity index (χ0) is 24.3. The molecule has 4 rings (SSSR count). The Morgan fingerprint density at radius 2 is 1.97 bits per heavy atom. The lowest BCUT2D eigenvalue weighted by Gasteiger charge is -2.48. The van der Waals surface area contributed by atoms with E-state index in [9.17, 15) is 26.0 Å². The number of hydrogen-bond acceptors (Lipinski definition) is 6. The molecule has 0 aliphatic carbocycles. The number of benzene rings is 1. The lowest BCUT2D eigenvalue weighted by molar-refractivity contribution is -0.192. The number of sulfonamides is 1. The summed E-state index contributed by atoms with van der Waals surface area (Å²) in [5.74, 6) is -2.55. The first kappa shape index (κ1) is 24.9. The molecule has 8 nitrogen and oxygen atoms in total. The Balaban J connectivity index is 0.000000383. The van der Waals surface area contributed by atoms with Crippen molar-refractivity contribution in [3.8, 4) is 5.75 Å². The Kier molecular flexibility index (Phi) is 7.24. The van der Waals surface area contributed by atoms with Gasteiger partial charge in [0.2, 0.25) is 10.0 Å². The number of halogens is 4. The molecule has 0 amide bonds. The van der Waals surface area contributed by atoms with E-state index in [4.69, 9.17) is 19.4 Å². The van der Waals surface area contributed by atoms with E-state index in [0.29, 0.717) is 19.0 Å². The number of aromatic nitrogens is 1. The summed E-state index contributed by atoms with van der Waals surface area (Å²) in [6, 6.07) is 8.70. The maximum atomic E-state index is 13.4. The smallest absolute Gasteiger partial charge is 0.490 e. The van der Waals surface area contributed by atoms with Gasteiger partial charge >= 0.3 is 12.1 Å². The van der Waals surface area contributed by atoms with Gasteiger partial charge in [-0.05, 0) is 36.8 Å². The monoisotopic (exact) mass is 492 g/mol. The summed E-state index contributed by atoms with van der Waals surface area (Å²) < 4.78 is 83.4. The molecule has 0 radical (unpaired) electrons. The average Bonchev–Trinajstić information content (AvgIpc) is 3.16. The van der Waals surface area contributed by atoms with Gasteiger partial charge in [0.25, 0.3) is 0 Å². The number of rotatable bonds is 5. The summed E-state index contributed by atoms with van der Waals surface area (Å²) in [6.45, 7) is 1.54. The van der Waals surface area contributed by atoms with Crippen LogP contribution in [-0.2, 0) is 19.6 Å². The van der Waals surface area contributed by atoms with Crippen LogP contribution in [-0.4, -0.2) is 66.9 Å². The van der Waals surface area contributed by atoms with E-state index in [-0.39, 0.29) is 23.9 Å². The fourth-order valence-electron chi connectivity index (χ4n) is 3.50. The molecule has 2 saturated heterocycles. The highest BCUT2D eigenvalue weighted by atomic mass is 32.2. The van der Waals surface area contributed by atoms with Gasteiger partial charge in [0.1, 0.15) is 17.2 Å². The van der Waals surface area contributed by atoms with E-state index in [0.717, 1.165) is 12.5 Å². The third kappa shape index (κ3) is 5.78. The number of alkyl halides is 3. The van der Waals surface area contributed by atoms with Crippen molar-refractivity contribution in [2.24, 2.45) is 5.92 Å². The lowest BCUT2D eigenvalue weighted by atomic mass is 9.83. The largest absolute Gasteiger partial charge is 0.492 e. The van der Waals surface area contributed by atoms with Crippen molar-refractivity contribution in [1.82, 2.24) is 9.29 Å². The Morgan fingerprint density at radius 3 is 2.55 bits per heavy atom. The number of aliphatic carboxylic acids is 1. The quantitative estimate of drug-likeness (QED) is 0.640. The van der Waals surface area contributed by atoms with E-state index in [2.05, 4.69) is 4.98 Å². The molecule has 33 heavy (non-hydrogen) atoms. The van der Waals surface area contributed by atoms with Crippen LogP contribution in [0.3, 0.4) is 0 Å². The molecule has 2 fully saturated rings. The Labute approximate surface area is 186 Å². The number of hydrogen-bond donors (Lipinski definition) is 1. The van der Waals surface area contributed by atoms with Crippen LogP contribution in [0.25, 0.3) is 0 Å². The van der Waals surface area contributed by atoms with Gasteiger partial charge in [-0.15, -0.1) is 0 Å². The summed E-state index contributed by atoms with van der Waals surface area (Å²) in [5.41, 5.74) is -0.525. The molecule has 180 valence electrons. The van der Waals surface area contributed by atoms with Crippen LogP contribution >= 0.6 is 0 Å². The average molecular weight is 492 g/mol. The zero-order valence-corrected chi connectivity index (χ0v) is 17.9. The van der Waals surface area contributed by atoms with Gasteiger partial charge in [-0.3, -0.25) is 4.98 Å². The minimum absolute atomic E-state index is 0.0338. The minimum Gasteiger partial charge on any atom is -0.492 e. The normalized spacial score (nSPS) is 19.9. The highest BCUT2D eigenvalue weighted by Gasteiger charge is 2.56. The van der Waals surface area contributed by atoms with E-state index < -0.39 is 33.6 Å². The van der Waals surface area contributed by atoms with Gasteiger partial charge in [-0.2, -0.15) is 17.5 Å². The van der Waals surface area contributed by atoms with Gasteiger partial charge in [-0.25, -0.2) is 17.6 Å². The molecule has 2 aliphatic rings. The van der Waals surface area contributed by atoms with E-state index in [1.165, 1.54) is 22.5 Å². The highest BCUT2D eigenvalue weighted by molar-refractivity contribution is 7.89. The summed E-state index contributed by atoms with van der Waals surface area (Å²) in [6.07, 6.45) is -0.952. The molecular formula is C20H20F4N2O6S. The number of pyridine rings is 1. The van der Waals surface area contributed by atoms with E-state index in [1.54, 1.807) is 18.5 Å². The second-order valence-corrected chi connectivity index (χ2v) is 9.37. The van der Waals surface area contributed by atoms with Crippen LogP contribution in [0.5, 0.6) is 5.75 Å². The van der Waals surface area contributed by atoms with Crippen molar-refractivity contribution < 1.29 is 45.4 Å². The predicted molar refractivity (Wildman–Crippen MR) is 105 cm³/mol. The Hall–Kier alpha value is -2.77. The second kappa shape index (κ2) is 9.61. The molecule has 1 spiro atoms. The van der Waals surface area contributed by atoms with Crippen LogP contribution < -0.4 is 4.74 Å². The first-order valence-electron chi connectivity index (χ1n) is 9.67. The molecule has 0 saturated carbocycles. The number of carboxylic acid groups (broad SMARTS) is 1. The van der Waals surface area contributed by atoms with Gasteiger partial charge in [0.05, 0.1) is 17.7 Å². The number of ether oxygens (including phenoxy) is 2. The maximum absolute atomic E-state index is 13.4. The van der Waals surface area contributed by atoms with Crippen LogP contribution in [0.2, 0.25) is 0 Å². The van der Waals surface area contributed by atoms with Crippen LogP contribution in [0.15, 0.2) is 53.7 Å². The van der Waals surface area contributed by atoms with Gasteiger partial charge in [0, 0.05) is 31.8 Å². The van der Waals surface area contributed by atoms with Crippen LogP contribution in [0.4, 0.5) is 17.6 Å². The summed E-state index contributed by atoms with van der Waals surface area (Å²) >= 11 is 0. The third-order valence-electron chi connectivity index (χ3n) is 5.25. The Bertz CT molecular complexity index is 1080.